The van der Waals surface area contributed by atoms with Gasteiger partial charge in [-0.3, -0.25) is 0 Å². The number of anilines is 2. The molecule has 32 heavy (non-hydrogen) atoms. The SMILES string of the molecule is CC[N+](C)(CC)CCOc1ccccc1N(CC[N+](C)(CC)CC)c1ccccc1.[I-].[I-]. The van der Waals surface area contributed by atoms with Crippen LogP contribution in [0.25, 0.3) is 0 Å². The predicted molar refractivity (Wildman–Crippen MR) is 130 cm³/mol. The Bertz CT molecular complexity index is 750. The fourth-order valence-corrected chi connectivity index (χ4v) is 3.60. The van der Waals surface area contributed by atoms with E-state index in [2.05, 4.69) is 101 Å². The highest BCUT2D eigenvalue weighted by molar-refractivity contribution is 5.69. The van der Waals surface area contributed by atoms with Crippen LogP contribution in [0, 0.1) is 0 Å². The van der Waals surface area contributed by atoms with Crippen LogP contribution in [0.5, 0.6) is 5.75 Å². The average Bonchev–Trinajstić information content (AvgIpc) is 2.80. The Morgan fingerprint density at radius 1 is 0.688 bits per heavy atom. The molecule has 2 aromatic carbocycles. The Morgan fingerprint density at radius 2 is 1.19 bits per heavy atom. The molecular weight excluding hydrogens is 624 g/mol. The molecular formula is C26H43I2N3O. The number of hydrogen-bond donors (Lipinski definition) is 0. The van der Waals surface area contributed by atoms with E-state index in [1.165, 1.54) is 5.69 Å². The molecule has 0 N–H and O–H groups in total. The van der Waals surface area contributed by atoms with Crippen LogP contribution in [0.1, 0.15) is 27.7 Å². The maximum atomic E-state index is 6.36. The molecule has 182 valence electrons. The molecule has 0 atom stereocenters. The third-order valence-corrected chi connectivity index (χ3v) is 7.03. The molecule has 0 aliphatic carbocycles. The van der Waals surface area contributed by atoms with Gasteiger partial charge in [-0.25, -0.2) is 0 Å². The molecule has 0 saturated carbocycles. The molecule has 0 heterocycles. The first-order valence-corrected chi connectivity index (χ1v) is 11.6. The van der Waals surface area contributed by atoms with Gasteiger partial charge in [0.25, 0.3) is 0 Å². The lowest BCUT2D eigenvalue weighted by molar-refractivity contribution is -0.906. The van der Waals surface area contributed by atoms with Gasteiger partial charge >= 0.3 is 0 Å². The Balaban J connectivity index is 0.00000480. The molecule has 0 aliphatic heterocycles. The first-order valence-electron chi connectivity index (χ1n) is 11.6. The standard InChI is InChI=1S/C26H43N3O.2HI/c1-7-28(5,8-2)21-20-27(24-16-12-11-13-17-24)25-18-14-15-19-26(25)30-23-22-29(6,9-3)10-4;;/h11-19H,7-10,20-23H2,1-6H3;2*1H/q+2;;/p-2. The summed E-state index contributed by atoms with van der Waals surface area (Å²) < 4.78 is 8.46. The minimum absolute atomic E-state index is 0. The number of ether oxygens (including phenoxy) is 1. The number of hydrogen-bond acceptors (Lipinski definition) is 2. The van der Waals surface area contributed by atoms with Gasteiger partial charge in [0.15, 0.2) is 0 Å². The van der Waals surface area contributed by atoms with Crippen molar-refractivity contribution >= 4 is 11.4 Å². The van der Waals surface area contributed by atoms with E-state index in [-0.39, 0.29) is 48.0 Å². The third kappa shape index (κ3) is 8.99. The molecule has 2 rings (SSSR count). The van der Waals surface area contributed by atoms with E-state index < -0.39 is 0 Å². The van der Waals surface area contributed by atoms with E-state index in [1.54, 1.807) is 0 Å². The zero-order valence-electron chi connectivity index (χ0n) is 20.9. The van der Waals surface area contributed by atoms with Gasteiger partial charge in [-0.05, 0) is 52.0 Å². The van der Waals surface area contributed by atoms with Crippen LogP contribution in [0.2, 0.25) is 0 Å². The van der Waals surface area contributed by atoms with Crippen molar-refractivity contribution in [2.24, 2.45) is 0 Å². The van der Waals surface area contributed by atoms with Crippen molar-refractivity contribution in [2.75, 3.05) is 71.4 Å². The van der Waals surface area contributed by atoms with Crippen LogP contribution >= 0.6 is 0 Å². The number of benzene rings is 2. The summed E-state index contributed by atoms with van der Waals surface area (Å²) >= 11 is 0. The van der Waals surface area contributed by atoms with Crippen molar-refractivity contribution < 1.29 is 61.7 Å². The molecule has 0 bridgehead atoms. The summed E-state index contributed by atoms with van der Waals surface area (Å²) in [6.45, 7) is 17.4. The minimum Gasteiger partial charge on any atom is -1.00 e. The smallest absolute Gasteiger partial charge is 0.143 e. The summed E-state index contributed by atoms with van der Waals surface area (Å²) in [7, 11) is 4.65. The quantitative estimate of drug-likeness (QED) is 0.205. The second-order valence-corrected chi connectivity index (χ2v) is 8.75. The first kappa shape index (κ1) is 31.4. The topological polar surface area (TPSA) is 12.5 Å². The zero-order chi connectivity index (χ0) is 22.0. The lowest BCUT2D eigenvalue weighted by atomic mass is 10.2. The number of rotatable bonds is 13. The molecule has 0 amide bonds. The maximum absolute atomic E-state index is 6.36. The van der Waals surface area contributed by atoms with Gasteiger partial charge in [-0.1, -0.05) is 30.3 Å². The molecule has 0 aromatic heterocycles. The maximum Gasteiger partial charge on any atom is 0.143 e. The second kappa shape index (κ2) is 15.3. The van der Waals surface area contributed by atoms with Gasteiger partial charge in [-0.15, -0.1) is 0 Å². The fraction of sp³-hybridized carbons (Fsp3) is 0.538. The summed E-state index contributed by atoms with van der Waals surface area (Å²) in [4.78, 5) is 2.42. The van der Waals surface area contributed by atoms with Crippen molar-refractivity contribution in [1.82, 2.24) is 0 Å². The van der Waals surface area contributed by atoms with Crippen molar-refractivity contribution in [3.05, 3.63) is 54.6 Å². The largest absolute Gasteiger partial charge is 1.00 e. The number of halogens is 2. The molecule has 0 saturated heterocycles. The molecule has 0 aliphatic rings. The Labute approximate surface area is 231 Å². The van der Waals surface area contributed by atoms with Gasteiger partial charge in [0.2, 0.25) is 0 Å². The molecule has 0 spiro atoms. The minimum atomic E-state index is 0. The van der Waals surface area contributed by atoms with E-state index in [4.69, 9.17) is 4.74 Å². The lowest BCUT2D eigenvalue weighted by Crippen LogP contribution is -3.00. The van der Waals surface area contributed by atoms with Crippen LogP contribution in [0.4, 0.5) is 11.4 Å². The van der Waals surface area contributed by atoms with Crippen molar-refractivity contribution in [3.8, 4) is 5.75 Å². The summed E-state index contributed by atoms with van der Waals surface area (Å²) in [6.07, 6.45) is 0. The summed E-state index contributed by atoms with van der Waals surface area (Å²) in [5.74, 6) is 0.974. The molecule has 6 heteroatoms. The normalized spacial score (nSPS) is 11.3. The summed E-state index contributed by atoms with van der Waals surface area (Å²) in [6, 6.07) is 19.2. The van der Waals surface area contributed by atoms with Gasteiger partial charge in [0.1, 0.15) is 18.9 Å². The van der Waals surface area contributed by atoms with Crippen molar-refractivity contribution in [2.45, 2.75) is 27.7 Å². The van der Waals surface area contributed by atoms with E-state index >= 15 is 0 Å². The van der Waals surface area contributed by atoms with Crippen LogP contribution < -0.4 is 57.6 Å². The fourth-order valence-electron chi connectivity index (χ4n) is 3.60. The number of quaternary nitrogens is 2. The van der Waals surface area contributed by atoms with Crippen LogP contribution in [-0.2, 0) is 0 Å². The molecule has 0 radical (unpaired) electrons. The highest BCUT2D eigenvalue weighted by Crippen LogP contribution is 2.33. The van der Waals surface area contributed by atoms with E-state index in [0.29, 0.717) is 0 Å². The van der Waals surface area contributed by atoms with Crippen molar-refractivity contribution in [3.63, 3.8) is 0 Å². The lowest BCUT2D eigenvalue weighted by Gasteiger charge is -2.36. The molecule has 2 aromatic rings. The summed E-state index contributed by atoms with van der Waals surface area (Å²) in [5, 5.41) is 0. The average molecular weight is 667 g/mol. The Hall–Kier alpha value is -0.580. The van der Waals surface area contributed by atoms with Crippen LogP contribution in [0.3, 0.4) is 0 Å². The van der Waals surface area contributed by atoms with E-state index in [1.807, 2.05) is 0 Å². The Morgan fingerprint density at radius 3 is 1.75 bits per heavy atom. The highest BCUT2D eigenvalue weighted by atomic mass is 127. The molecule has 0 fully saturated rings. The predicted octanol–water partition coefficient (Wildman–Crippen LogP) is -0.816. The van der Waals surface area contributed by atoms with Crippen LogP contribution in [-0.4, -0.2) is 75.5 Å². The van der Waals surface area contributed by atoms with Gasteiger partial charge in [-0.2, -0.15) is 0 Å². The van der Waals surface area contributed by atoms with E-state index in [9.17, 15) is 0 Å². The second-order valence-electron chi connectivity index (χ2n) is 8.75. The van der Waals surface area contributed by atoms with Gasteiger partial charge < -0.3 is 66.6 Å². The number of para-hydroxylation sites is 3. The monoisotopic (exact) mass is 667 g/mol. The van der Waals surface area contributed by atoms with Gasteiger partial charge in [0.05, 0.1) is 59.1 Å². The summed E-state index contributed by atoms with van der Waals surface area (Å²) in [5.41, 5.74) is 2.37. The first-order chi connectivity index (χ1) is 14.4. The highest BCUT2D eigenvalue weighted by Gasteiger charge is 2.22. The molecule has 4 nitrogen and oxygen atoms in total. The number of nitrogens with zero attached hydrogens (tertiary/aromatic N) is 3. The molecule has 0 unspecified atom stereocenters. The van der Waals surface area contributed by atoms with E-state index in [0.717, 1.165) is 72.8 Å². The van der Waals surface area contributed by atoms with Gasteiger partial charge in [0, 0.05) is 5.69 Å². The number of likely N-dealkylation sites (N-methyl/N-ethyl adjacent to an activating group) is 2. The van der Waals surface area contributed by atoms with Crippen molar-refractivity contribution in [1.29, 1.82) is 0 Å². The Kier molecular flexibility index (Phi) is 15.1. The third-order valence-electron chi connectivity index (χ3n) is 7.03. The zero-order valence-corrected chi connectivity index (χ0v) is 25.2. The van der Waals surface area contributed by atoms with Crippen LogP contribution in [0.15, 0.2) is 54.6 Å².